The van der Waals surface area contributed by atoms with E-state index in [0.29, 0.717) is 25.3 Å². The van der Waals surface area contributed by atoms with Crippen LogP contribution in [-0.4, -0.2) is 69.8 Å². The minimum Gasteiger partial charge on any atom is -0.483 e. The van der Waals surface area contributed by atoms with E-state index >= 15 is 0 Å². The number of amides is 2. The van der Waals surface area contributed by atoms with Gasteiger partial charge in [0.1, 0.15) is 5.75 Å². The van der Waals surface area contributed by atoms with Gasteiger partial charge in [0, 0.05) is 37.0 Å². The van der Waals surface area contributed by atoms with Crippen molar-refractivity contribution in [1.29, 1.82) is 0 Å². The van der Waals surface area contributed by atoms with Gasteiger partial charge in [-0.05, 0) is 24.3 Å². The number of rotatable bonds is 4. The first-order chi connectivity index (χ1) is 12.2. The van der Waals surface area contributed by atoms with E-state index < -0.39 is 0 Å². The maximum absolute atomic E-state index is 12.4. The fraction of sp³-hybridized carbons (Fsp3) is 0.500. The van der Waals surface area contributed by atoms with Gasteiger partial charge in [0.2, 0.25) is 0 Å². The number of hydrogen-bond acceptors (Lipinski definition) is 6. The number of hydrogen-bond donors (Lipinski definition) is 1. The quantitative estimate of drug-likeness (QED) is 0.878. The van der Waals surface area contributed by atoms with Gasteiger partial charge in [-0.3, -0.25) is 9.59 Å². The summed E-state index contributed by atoms with van der Waals surface area (Å²) >= 11 is 1.54. The summed E-state index contributed by atoms with van der Waals surface area (Å²) in [5.74, 6) is 0.630. The molecule has 9 heteroatoms. The first-order valence-corrected chi connectivity index (χ1v) is 9.17. The van der Waals surface area contributed by atoms with Crippen molar-refractivity contribution in [3.8, 4) is 5.75 Å². The van der Waals surface area contributed by atoms with Gasteiger partial charge < -0.3 is 14.5 Å². The monoisotopic (exact) mass is 361 g/mol. The molecule has 4 rings (SSSR count). The standard InChI is InChI=1S/C16H19N5O3S/c22-14(7-24-12-2-5-25-8-12)21-10-16(11-21)3-1-4-20(9-16)15(23)13-6-17-19-18-13/h2,5-6,8H,1,3-4,7,9-11H2,(H,17,18,19). The number of carbonyl (C=O) groups is 2. The molecular weight excluding hydrogens is 342 g/mol. The third-order valence-corrected chi connectivity index (χ3v) is 5.51. The second kappa shape index (κ2) is 6.47. The van der Waals surface area contributed by atoms with Crippen molar-refractivity contribution in [3.05, 3.63) is 28.7 Å². The highest BCUT2D eigenvalue weighted by Crippen LogP contribution is 2.39. The average Bonchev–Trinajstić information content (AvgIpc) is 3.30. The summed E-state index contributed by atoms with van der Waals surface area (Å²) < 4.78 is 5.48. The van der Waals surface area contributed by atoms with E-state index in [2.05, 4.69) is 15.4 Å². The Labute approximate surface area is 148 Å². The van der Waals surface area contributed by atoms with Crippen molar-refractivity contribution < 1.29 is 14.3 Å². The summed E-state index contributed by atoms with van der Waals surface area (Å²) in [6.07, 6.45) is 3.42. The molecule has 0 aliphatic carbocycles. The fourth-order valence-electron chi connectivity index (χ4n) is 3.62. The molecular formula is C16H19N5O3S. The van der Waals surface area contributed by atoms with Crippen molar-refractivity contribution in [2.75, 3.05) is 32.8 Å². The van der Waals surface area contributed by atoms with Crippen LogP contribution in [0, 0.1) is 5.41 Å². The van der Waals surface area contributed by atoms with E-state index in [1.807, 2.05) is 26.6 Å². The lowest BCUT2D eigenvalue weighted by Crippen LogP contribution is -2.65. The number of H-pyrrole nitrogens is 1. The number of carbonyl (C=O) groups excluding carboxylic acids is 2. The molecule has 4 heterocycles. The van der Waals surface area contributed by atoms with Crippen LogP contribution in [0.25, 0.3) is 0 Å². The first-order valence-electron chi connectivity index (χ1n) is 8.23. The molecule has 2 aromatic rings. The van der Waals surface area contributed by atoms with E-state index in [-0.39, 0.29) is 23.8 Å². The van der Waals surface area contributed by atoms with Crippen LogP contribution in [0.4, 0.5) is 0 Å². The molecule has 0 saturated carbocycles. The van der Waals surface area contributed by atoms with Gasteiger partial charge in [0.25, 0.3) is 11.8 Å². The van der Waals surface area contributed by atoms with E-state index in [4.69, 9.17) is 4.74 Å². The molecule has 2 aromatic heterocycles. The molecule has 1 spiro atoms. The molecule has 8 nitrogen and oxygen atoms in total. The normalized spacial score (nSPS) is 18.9. The summed E-state index contributed by atoms with van der Waals surface area (Å²) in [7, 11) is 0. The summed E-state index contributed by atoms with van der Waals surface area (Å²) in [6, 6.07) is 1.85. The molecule has 0 radical (unpaired) electrons. The Bertz CT molecular complexity index is 740. The molecule has 25 heavy (non-hydrogen) atoms. The van der Waals surface area contributed by atoms with Crippen molar-refractivity contribution in [3.63, 3.8) is 0 Å². The third kappa shape index (κ3) is 3.23. The van der Waals surface area contributed by atoms with Crippen molar-refractivity contribution >= 4 is 23.2 Å². The zero-order valence-corrected chi connectivity index (χ0v) is 14.5. The van der Waals surface area contributed by atoms with Crippen LogP contribution in [-0.2, 0) is 4.79 Å². The van der Waals surface area contributed by atoms with E-state index in [9.17, 15) is 9.59 Å². The van der Waals surface area contributed by atoms with Gasteiger partial charge in [-0.15, -0.1) is 11.3 Å². The number of nitrogens with one attached hydrogen (secondary N) is 1. The van der Waals surface area contributed by atoms with Crippen LogP contribution in [0.2, 0.25) is 0 Å². The lowest BCUT2D eigenvalue weighted by atomic mass is 9.73. The SMILES string of the molecule is O=C(COc1ccsc1)N1CC2(CCCN(C(=O)c3cn[nH]n3)C2)C1. The molecule has 2 fully saturated rings. The molecule has 2 saturated heterocycles. The Balaban J connectivity index is 1.30. The number of aromatic amines is 1. The highest BCUT2D eigenvalue weighted by atomic mass is 32.1. The fourth-order valence-corrected chi connectivity index (χ4v) is 4.19. The van der Waals surface area contributed by atoms with Gasteiger partial charge in [0.15, 0.2) is 12.3 Å². The molecule has 0 unspecified atom stereocenters. The first kappa shape index (κ1) is 16.1. The highest BCUT2D eigenvalue weighted by molar-refractivity contribution is 7.08. The number of aromatic nitrogens is 3. The molecule has 0 bridgehead atoms. The van der Waals surface area contributed by atoms with Gasteiger partial charge in [-0.25, -0.2) is 0 Å². The molecule has 132 valence electrons. The molecule has 2 aliphatic heterocycles. The van der Waals surface area contributed by atoms with Crippen molar-refractivity contribution in [2.45, 2.75) is 12.8 Å². The average molecular weight is 361 g/mol. The Morgan fingerprint density at radius 3 is 2.88 bits per heavy atom. The van der Waals surface area contributed by atoms with Crippen LogP contribution in [0.3, 0.4) is 0 Å². The zero-order chi connectivity index (χ0) is 17.3. The van der Waals surface area contributed by atoms with Gasteiger partial charge in [0.05, 0.1) is 6.20 Å². The molecule has 0 atom stereocenters. The second-order valence-electron chi connectivity index (χ2n) is 6.68. The molecule has 2 amide bonds. The van der Waals surface area contributed by atoms with Gasteiger partial charge in [-0.2, -0.15) is 15.4 Å². The van der Waals surface area contributed by atoms with Crippen LogP contribution < -0.4 is 4.74 Å². The predicted octanol–water partition coefficient (Wildman–Crippen LogP) is 1.01. The number of piperidine rings is 1. The summed E-state index contributed by atoms with van der Waals surface area (Å²) in [4.78, 5) is 28.3. The Morgan fingerprint density at radius 2 is 2.16 bits per heavy atom. The minimum absolute atomic E-state index is 0.00298. The van der Waals surface area contributed by atoms with Gasteiger partial charge in [-0.1, -0.05) is 0 Å². The molecule has 0 aromatic carbocycles. The Morgan fingerprint density at radius 1 is 1.32 bits per heavy atom. The Hall–Kier alpha value is -2.42. The van der Waals surface area contributed by atoms with Crippen LogP contribution in [0.5, 0.6) is 5.75 Å². The summed E-state index contributed by atoms with van der Waals surface area (Å²) in [6.45, 7) is 2.81. The smallest absolute Gasteiger partial charge is 0.276 e. The summed E-state index contributed by atoms with van der Waals surface area (Å²) in [5.41, 5.74) is 0.351. The largest absolute Gasteiger partial charge is 0.483 e. The lowest BCUT2D eigenvalue weighted by molar-refractivity contribution is -0.148. The molecule has 2 aliphatic rings. The lowest BCUT2D eigenvalue weighted by Gasteiger charge is -2.54. The van der Waals surface area contributed by atoms with Crippen molar-refractivity contribution in [1.82, 2.24) is 25.2 Å². The van der Waals surface area contributed by atoms with E-state index in [1.165, 1.54) is 17.5 Å². The maximum atomic E-state index is 12.4. The number of ether oxygens (including phenoxy) is 1. The van der Waals surface area contributed by atoms with Gasteiger partial charge >= 0.3 is 0 Å². The van der Waals surface area contributed by atoms with Crippen molar-refractivity contribution in [2.24, 2.45) is 5.41 Å². The number of thiophene rings is 1. The second-order valence-corrected chi connectivity index (χ2v) is 7.46. The van der Waals surface area contributed by atoms with Crippen LogP contribution in [0.15, 0.2) is 23.0 Å². The summed E-state index contributed by atoms with van der Waals surface area (Å²) in [5, 5.41) is 13.8. The predicted molar refractivity (Wildman–Crippen MR) is 90.3 cm³/mol. The molecule has 1 N–H and O–H groups in total. The maximum Gasteiger partial charge on any atom is 0.276 e. The van der Waals surface area contributed by atoms with E-state index in [0.717, 1.165) is 25.1 Å². The third-order valence-electron chi connectivity index (χ3n) is 4.85. The van der Waals surface area contributed by atoms with Crippen LogP contribution >= 0.6 is 11.3 Å². The highest BCUT2D eigenvalue weighted by Gasteiger charge is 2.48. The van der Waals surface area contributed by atoms with Crippen LogP contribution in [0.1, 0.15) is 23.3 Å². The Kier molecular flexibility index (Phi) is 4.16. The number of likely N-dealkylation sites (tertiary alicyclic amines) is 2. The number of nitrogens with zero attached hydrogens (tertiary/aromatic N) is 4. The van der Waals surface area contributed by atoms with E-state index in [1.54, 1.807) is 0 Å². The zero-order valence-electron chi connectivity index (χ0n) is 13.7. The minimum atomic E-state index is -0.0987. The topological polar surface area (TPSA) is 91.4 Å².